The monoisotopic (exact) mass is 607 g/mol. The van der Waals surface area contributed by atoms with Gasteiger partial charge in [-0.2, -0.15) is 0 Å². The molecule has 228 valence electrons. The first kappa shape index (κ1) is 30.0. The van der Waals surface area contributed by atoms with Gasteiger partial charge in [-0.05, 0) is 59.1 Å². The number of aromatic nitrogens is 4. The van der Waals surface area contributed by atoms with Gasteiger partial charge in [-0.3, -0.25) is 9.36 Å². The lowest BCUT2D eigenvalue weighted by atomic mass is 9.88. The zero-order valence-corrected chi connectivity index (χ0v) is 26.0. The average molecular weight is 608 g/mol. The first-order valence-corrected chi connectivity index (χ1v) is 16.0. The standard InChI is InChI=1S/C30H38N7O5P/c1-7-30-24(42-43(39-16-15-31-6)37(19(2)3)20(4)5)23(40-29(30)13-14-29)28(41-30)36-18-34-22-25(32-17-33-26(22)36)35-27(38)21-11-9-8-10-12-21/h8-12,17-20,23-24,28H,7,13-16H2,1-5H3,(H,32,33,35,38)/t23?,24?,28-,30-,43?/m1/s1. The number of carbonyl (C=O) groups excluding carboxylic acids is 1. The van der Waals surface area contributed by atoms with E-state index in [-0.39, 0.29) is 24.5 Å². The number of benzene rings is 1. The third kappa shape index (κ3) is 5.12. The fraction of sp³-hybridized carbons (Fsp3) is 0.567. The van der Waals surface area contributed by atoms with Crippen LogP contribution in [0.15, 0.2) is 43.0 Å². The molecule has 3 fully saturated rings. The van der Waals surface area contributed by atoms with E-state index < -0.39 is 38.2 Å². The minimum atomic E-state index is -1.51. The van der Waals surface area contributed by atoms with Crippen LogP contribution in [-0.2, 0) is 18.5 Å². The first-order valence-electron chi connectivity index (χ1n) is 14.9. The predicted octanol–water partition coefficient (Wildman–Crippen LogP) is 5.35. The molecular weight excluding hydrogens is 569 g/mol. The molecule has 3 aliphatic rings. The second-order valence-corrected chi connectivity index (χ2v) is 13.1. The Labute approximate surface area is 252 Å². The highest BCUT2D eigenvalue weighted by Gasteiger charge is 2.78. The molecule has 1 spiro atoms. The van der Waals surface area contributed by atoms with E-state index in [1.165, 1.54) is 6.33 Å². The van der Waals surface area contributed by atoms with Gasteiger partial charge in [-0.1, -0.05) is 25.1 Å². The number of ether oxygens (including phenoxy) is 2. The summed E-state index contributed by atoms with van der Waals surface area (Å²) < 4.78 is 31.1. The van der Waals surface area contributed by atoms with E-state index in [1.807, 2.05) is 22.8 Å². The Balaban J connectivity index is 1.32. The van der Waals surface area contributed by atoms with Crippen LogP contribution in [0.4, 0.5) is 5.82 Å². The maximum Gasteiger partial charge on any atom is 0.259 e. The van der Waals surface area contributed by atoms with Crippen LogP contribution in [0.3, 0.4) is 0 Å². The Morgan fingerprint density at radius 3 is 2.58 bits per heavy atom. The highest BCUT2D eigenvalue weighted by molar-refractivity contribution is 7.44. The number of hydrogen-bond acceptors (Lipinski definition) is 9. The van der Waals surface area contributed by atoms with Crippen molar-refractivity contribution >= 4 is 31.4 Å². The summed E-state index contributed by atoms with van der Waals surface area (Å²) in [4.78, 5) is 29.8. The summed E-state index contributed by atoms with van der Waals surface area (Å²) in [5.41, 5.74) is 0.421. The quantitative estimate of drug-likeness (QED) is 0.165. The molecule has 43 heavy (non-hydrogen) atoms. The van der Waals surface area contributed by atoms with Gasteiger partial charge < -0.3 is 28.7 Å². The number of nitrogens with one attached hydrogen (secondary N) is 1. The summed E-state index contributed by atoms with van der Waals surface area (Å²) in [7, 11) is -1.51. The van der Waals surface area contributed by atoms with E-state index >= 15 is 0 Å². The molecule has 13 heteroatoms. The summed E-state index contributed by atoms with van der Waals surface area (Å²) in [5.74, 6) is 0.0368. The third-order valence-corrected chi connectivity index (χ3v) is 10.6. The zero-order valence-electron chi connectivity index (χ0n) is 25.1. The van der Waals surface area contributed by atoms with Crippen molar-refractivity contribution in [3.63, 3.8) is 0 Å². The van der Waals surface area contributed by atoms with Crippen LogP contribution < -0.4 is 5.32 Å². The van der Waals surface area contributed by atoms with Crippen LogP contribution in [-0.4, -0.2) is 78.7 Å². The molecule has 2 aliphatic heterocycles. The summed E-state index contributed by atoms with van der Waals surface area (Å²) in [6.07, 6.45) is 4.18. The fourth-order valence-electron chi connectivity index (χ4n) is 6.52. The van der Waals surface area contributed by atoms with Gasteiger partial charge in [0.1, 0.15) is 36.3 Å². The highest BCUT2D eigenvalue weighted by atomic mass is 31.2. The molecule has 6 rings (SSSR count). The Hall–Kier alpha value is -3.04. The van der Waals surface area contributed by atoms with E-state index in [1.54, 1.807) is 18.5 Å². The Bertz CT molecular complexity index is 1500. The van der Waals surface area contributed by atoms with Gasteiger partial charge in [-0.25, -0.2) is 26.2 Å². The second kappa shape index (κ2) is 11.8. The van der Waals surface area contributed by atoms with Crippen molar-refractivity contribution in [3.8, 4) is 0 Å². The Morgan fingerprint density at radius 1 is 1.19 bits per heavy atom. The van der Waals surface area contributed by atoms with Crippen molar-refractivity contribution in [3.05, 3.63) is 60.0 Å². The Kier molecular flexibility index (Phi) is 8.24. The van der Waals surface area contributed by atoms with Crippen molar-refractivity contribution in [2.45, 2.75) is 95.6 Å². The molecule has 1 saturated carbocycles. The van der Waals surface area contributed by atoms with Crippen LogP contribution >= 0.6 is 8.53 Å². The van der Waals surface area contributed by atoms with Crippen molar-refractivity contribution in [1.29, 1.82) is 0 Å². The van der Waals surface area contributed by atoms with Crippen LogP contribution in [0.2, 0.25) is 0 Å². The normalized spacial score (nSPS) is 26.1. The van der Waals surface area contributed by atoms with Gasteiger partial charge >= 0.3 is 0 Å². The SMILES string of the molecule is [C-]#[N+]CCOP(OC1C2OC3(CC3)[C@]1(CC)O[C@H]2n1cnc2c(NC(=O)c3ccccc3)ncnc21)N(C(C)C)C(C)C. The van der Waals surface area contributed by atoms with Gasteiger partial charge in [0.25, 0.3) is 14.4 Å². The summed E-state index contributed by atoms with van der Waals surface area (Å²) in [6, 6.07) is 9.29. The molecule has 5 atom stereocenters. The van der Waals surface area contributed by atoms with Gasteiger partial charge in [-0.15, -0.1) is 0 Å². The van der Waals surface area contributed by atoms with E-state index in [9.17, 15) is 4.79 Å². The number of amides is 1. The van der Waals surface area contributed by atoms with Crippen LogP contribution in [0.25, 0.3) is 16.0 Å². The molecule has 1 aromatic carbocycles. The van der Waals surface area contributed by atoms with Crippen molar-refractivity contribution in [1.82, 2.24) is 24.2 Å². The van der Waals surface area contributed by atoms with Crippen LogP contribution in [0.5, 0.6) is 0 Å². The lowest BCUT2D eigenvalue weighted by molar-refractivity contribution is -0.223. The molecule has 2 bridgehead atoms. The third-order valence-electron chi connectivity index (χ3n) is 8.49. The largest absolute Gasteiger partial charge is 0.361 e. The molecule has 0 radical (unpaired) electrons. The molecule has 1 N–H and O–H groups in total. The molecular formula is C30H38N7O5P. The topological polar surface area (TPSA) is 117 Å². The lowest BCUT2D eigenvalue weighted by Gasteiger charge is -2.40. The summed E-state index contributed by atoms with van der Waals surface area (Å²) in [6.45, 7) is 18.4. The summed E-state index contributed by atoms with van der Waals surface area (Å²) in [5, 5.41) is 2.87. The van der Waals surface area contributed by atoms with E-state index in [0.717, 1.165) is 12.8 Å². The van der Waals surface area contributed by atoms with Gasteiger partial charge in [0.2, 0.25) is 6.54 Å². The maximum atomic E-state index is 12.9. The fourth-order valence-corrected chi connectivity index (χ4v) is 8.30. The Morgan fingerprint density at radius 2 is 1.93 bits per heavy atom. The average Bonchev–Trinajstić information content (AvgIpc) is 3.42. The molecule has 3 unspecified atom stereocenters. The van der Waals surface area contributed by atoms with E-state index in [2.05, 4.69) is 64.4 Å². The molecule has 2 saturated heterocycles. The second-order valence-electron chi connectivity index (χ2n) is 11.7. The van der Waals surface area contributed by atoms with Crippen molar-refractivity contribution < 1.29 is 23.3 Å². The molecule has 4 heterocycles. The molecule has 1 amide bonds. The number of fused-ring (bicyclic) bond motifs is 4. The lowest BCUT2D eigenvalue weighted by Crippen LogP contribution is -2.49. The van der Waals surface area contributed by atoms with E-state index in [0.29, 0.717) is 35.6 Å². The van der Waals surface area contributed by atoms with Crippen molar-refractivity contribution in [2.75, 3.05) is 18.5 Å². The maximum absolute atomic E-state index is 12.9. The van der Waals surface area contributed by atoms with Crippen molar-refractivity contribution in [2.24, 2.45) is 0 Å². The zero-order chi connectivity index (χ0) is 30.4. The predicted molar refractivity (Wildman–Crippen MR) is 161 cm³/mol. The van der Waals surface area contributed by atoms with E-state index in [4.69, 9.17) is 25.1 Å². The van der Waals surface area contributed by atoms with Crippen LogP contribution in [0, 0.1) is 6.57 Å². The minimum Gasteiger partial charge on any atom is -0.361 e. The molecule has 12 nitrogen and oxygen atoms in total. The number of imidazole rings is 1. The number of carbonyl (C=O) groups is 1. The number of hydrogen-bond donors (Lipinski definition) is 1. The highest BCUT2D eigenvalue weighted by Crippen LogP contribution is 2.68. The molecule has 3 aromatic rings. The number of nitrogens with zero attached hydrogens (tertiary/aromatic N) is 6. The summed E-state index contributed by atoms with van der Waals surface area (Å²) >= 11 is 0. The minimum absolute atomic E-state index is 0.169. The molecule has 1 aliphatic carbocycles. The van der Waals surface area contributed by atoms with Gasteiger partial charge in [0.05, 0.1) is 6.33 Å². The molecule has 2 aromatic heterocycles. The van der Waals surface area contributed by atoms with Gasteiger partial charge in [0.15, 0.2) is 23.2 Å². The number of rotatable bonds is 12. The number of anilines is 1. The van der Waals surface area contributed by atoms with Gasteiger partial charge in [0, 0.05) is 17.6 Å². The smallest absolute Gasteiger partial charge is 0.259 e. The van der Waals surface area contributed by atoms with Crippen LogP contribution in [0.1, 0.15) is 70.5 Å². The first-order chi connectivity index (χ1) is 20.7.